The summed E-state index contributed by atoms with van der Waals surface area (Å²) in [6.45, 7) is 3.85. The van der Waals surface area contributed by atoms with Crippen molar-refractivity contribution in [3.8, 4) is 0 Å². The van der Waals surface area contributed by atoms with Gasteiger partial charge in [-0.2, -0.15) is 0 Å². The van der Waals surface area contributed by atoms with Crippen molar-refractivity contribution >= 4 is 23.4 Å². The van der Waals surface area contributed by atoms with Gasteiger partial charge in [0.2, 0.25) is 5.91 Å². The molecule has 1 amide bonds. The van der Waals surface area contributed by atoms with E-state index in [2.05, 4.69) is 24.4 Å². The molecule has 1 aromatic rings. The standard InChI is InChI=1S/C17H21NOS/c1-3-12-4-5-13-9-14-6-7-15(18-11(2)19)10-17(14)20-16(13)8-12/h6-7,10,12H,3-5,8-9H2,1-2H3,(H,18,19). The fourth-order valence-electron chi connectivity index (χ4n) is 3.11. The van der Waals surface area contributed by atoms with Gasteiger partial charge in [0.25, 0.3) is 0 Å². The van der Waals surface area contributed by atoms with Crippen LogP contribution in [-0.2, 0) is 11.2 Å². The number of carbonyl (C=O) groups excluding carboxylic acids is 1. The van der Waals surface area contributed by atoms with Crippen molar-refractivity contribution in [1.82, 2.24) is 0 Å². The Morgan fingerprint density at radius 2 is 2.30 bits per heavy atom. The van der Waals surface area contributed by atoms with E-state index in [9.17, 15) is 4.79 Å². The van der Waals surface area contributed by atoms with E-state index >= 15 is 0 Å². The van der Waals surface area contributed by atoms with E-state index in [1.165, 1.54) is 36.1 Å². The van der Waals surface area contributed by atoms with Gasteiger partial charge in [-0.25, -0.2) is 0 Å². The second-order valence-corrected chi connectivity index (χ2v) is 6.96. The van der Waals surface area contributed by atoms with Gasteiger partial charge in [0.05, 0.1) is 0 Å². The molecule has 106 valence electrons. The molecule has 3 heteroatoms. The molecule has 1 aromatic carbocycles. The normalized spacial score (nSPS) is 21.2. The molecule has 0 saturated heterocycles. The molecule has 1 unspecified atom stereocenters. The Hall–Kier alpha value is -1.22. The molecule has 1 aliphatic heterocycles. The highest BCUT2D eigenvalue weighted by Gasteiger charge is 2.25. The zero-order valence-electron chi connectivity index (χ0n) is 12.2. The van der Waals surface area contributed by atoms with Crippen molar-refractivity contribution in [3.63, 3.8) is 0 Å². The largest absolute Gasteiger partial charge is 0.326 e. The number of anilines is 1. The van der Waals surface area contributed by atoms with Gasteiger partial charge >= 0.3 is 0 Å². The van der Waals surface area contributed by atoms with Gasteiger partial charge in [-0.1, -0.05) is 36.7 Å². The van der Waals surface area contributed by atoms with E-state index in [-0.39, 0.29) is 5.91 Å². The molecule has 0 fully saturated rings. The Morgan fingerprint density at radius 3 is 3.05 bits per heavy atom. The maximum atomic E-state index is 11.2. The predicted octanol–water partition coefficient (Wildman–Crippen LogP) is 4.76. The van der Waals surface area contributed by atoms with Gasteiger partial charge in [-0.15, -0.1) is 0 Å². The average molecular weight is 287 g/mol. The molecule has 1 atom stereocenters. The molecule has 20 heavy (non-hydrogen) atoms. The first-order valence-electron chi connectivity index (χ1n) is 7.45. The number of thioether (sulfide) groups is 1. The summed E-state index contributed by atoms with van der Waals surface area (Å²) < 4.78 is 0. The van der Waals surface area contributed by atoms with Crippen molar-refractivity contribution < 1.29 is 4.79 Å². The lowest BCUT2D eigenvalue weighted by atomic mass is 9.85. The smallest absolute Gasteiger partial charge is 0.221 e. The lowest BCUT2D eigenvalue weighted by Crippen LogP contribution is -2.13. The van der Waals surface area contributed by atoms with Crippen LogP contribution in [0.15, 0.2) is 33.6 Å². The van der Waals surface area contributed by atoms with Crippen LogP contribution in [0, 0.1) is 5.92 Å². The molecular weight excluding hydrogens is 266 g/mol. The van der Waals surface area contributed by atoms with Crippen molar-refractivity contribution in [3.05, 3.63) is 34.2 Å². The molecule has 2 aliphatic rings. The van der Waals surface area contributed by atoms with Gasteiger partial charge < -0.3 is 5.32 Å². The summed E-state index contributed by atoms with van der Waals surface area (Å²) in [6, 6.07) is 6.31. The minimum Gasteiger partial charge on any atom is -0.326 e. The van der Waals surface area contributed by atoms with E-state index in [0.717, 1.165) is 18.0 Å². The summed E-state index contributed by atoms with van der Waals surface area (Å²) in [6.07, 6.45) is 6.27. The number of hydrogen-bond acceptors (Lipinski definition) is 2. The molecule has 1 heterocycles. The third kappa shape index (κ3) is 2.78. The Labute approximate surface area is 125 Å². The van der Waals surface area contributed by atoms with Crippen LogP contribution in [0.5, 0.6) is 0 Å². The van der Waals surface area contributed by atoms with E-state index in [4.69, 9.17) is 0 Å². The Kier molecular flexibility index (Phi) is 3.88. The summed E-state index contributed by atoms with van der Waals surface area (Å²) in [5, 5.41) is 2.88. The molecule has 0 saturated carbocycles. The van der Waals surface area contributed by atoms with Crippen LogP contribution in [0.2, 0.25) is 0 Å². The highest BCUT2D eigenvalue weighted by molar-refractivity contribution is 8.03. The minimum absolute atomic E-state index is 0.00521. The van der Waals surface area contributed by atoms with Crippen LogP contribution in [0.1, 0.15) is 45.1 Å². The average Bonchev–Trinajstić information content (AvgIpc) is 2.43. The van der Waals surface area contributed by atoms with E-state index in [1.807, 2.05) is 17.8 Å². The number of carbonyl (C=O) groups is 1. The lowest BCUT2D eigenvalue weighted by molar-refractivity contribution is -0.114. The number of rotatable bonds is 2. The fraction of sp³-hybridized carbons (Fsp3) is 0.471. The van der Waals surface area contributed by atoms with E-state index in [0.29, 0.717) is 0 Å². The van der Waals surface area contributed by atoms with Crippen LogP contribution in [-0.4, -0.2) is 5.91 Å². The SMILES string of the molecule is CCC1CCC2=C(C1)Sc1cc(NC(C)=O)ccc1C2. The summed E-state index contributed by atoms with van der Waals surface area (Å²) >= 11 is 1.93. The molecule has 1 aliphatic carbocycles. The summed E-state index contributed by atoms with van der Waals surface area (Å²) in [7, 11) is 0. The molecule has 0 bridgehead atoms. The molecule has 0 aromatic heterocycles. The van der Waals surface area contributed by atoms with Crippen LogP contribution < -0.4 is 5.32 Å². The highest BCUT2D eigenvalue weighted by Crippen LogP contribution is 2.47. The minimum atomic E-state index is -0.00521. The Balaban J connectivity index is 1.83. The highest BCUT2D eigenvalue weighted by atomic mass is 32.2. The summed E-state index contributed by atoms with van der Waals surface area (Å²) in [4.78, 5) is 14.1. The molecule has 0 radical (unpaired) electrons. The van der Waals surface area contributed by atoms with Gasteiger partial charge in [-0.3, -0.25) is 4.79 Å². The maximum Gasteiger partial charge on any atom is 0.221 e. The summed E-state index contributed by atoms with van der Waals surface area (Å²) in [5.74, 6) is 0.857. The Bertz CT molecular complexity index is 576. The molecule has 1 N–H and O–H groups in total. The van der Waals surface area contributed by atoms with Crippen LogP contribution in [0.25, 0.3) is 0 Å². The maximum absolute atomic E-state index is 11.2. The number of fused-ring (bicyclic) bond motifs is 1. The number of nitrogens with one attached hydrogen (secondary N) is 1. The van der Waals surface area contributed by atoms with Crippen molar-refractivity contribution in [2.45, 2.75) is 50.8 Å². The van der Waals surface area contributed by atoms with Gasteiger partial charge in [0.15, 0.2) is 0 Å². The molecular formula is C17H21NOS. The number of amides is 1. The summed E-state index contributed by atoms with van der Waals surface area (Å²) in [5.41, 5.74) is 3.98. The number of hydrogen-bond donors (Lipinski definition) is 1. The van der Waals surface area contributed by atoms with Crippen molar-refractivity contribution in [2.75, 3.05) is 5.32 Å². The predicted molar refractivity (Wildman–Crippen MR) is 85.0 cm³/mol. The zero-order chi connectivity index (χ0) is 14.1. The first-order chi connectivity index (χ1) is 9.65. The third-order valence-electron chi connectivity index (χ3n) is 4.32. The number of benzene rings is 1. The molecule has 2 nitrogen and oxygen atoms in total. The third-order valence-corrected chi connectivity index (χ3v) is 5.63. The Morgan fingerprint density at radius 1 is 1.45 bits per heavy atom. The van der Waals surface area contributed by atoms with Crippen LogP contribution >= 0.6 is 11.8 Å². The van der Waals surface area contributed by atoms with Crippen LogP contribution in [0.3, 0.4) is 0 Å². The second-order valence-electron chi connectivity index (χ2n) is 5.83. The van der Waals surface area contributed by atoms with Crippen molar-refractivity contribution in [2.24, 2.45) is 5.92 Å². The second kappa shape index (κ2) is 5.65. The fourth-order valence-corrected chi connectivity index (χ4v) is 4.48. The molecule has 0 spiro atoms. The topological polar surface area (TPSA) is 29.1 Å². The van der Waals surface area contributed by atoms with Gasteiger partial charge in [0, 0.05) is 17.5 Å². The molecule has 3 rings (SSSR count). The zero-order valence-corrected chi connectivity index (χ0v) is 13.0. The van der Waals surface area contributed by atoms with Gasteiger partial charge in [-0.05, 0) is 54.2 Å². The van der Waals surface area contributed by atoms with Gasteiger partial charge in [0.1, 0.15) is 0 Å². The first kappa shape index (κ1) is 13.7. The first-order valence-corrected chi connectivity index (χ1v) is 8.26. The monoisotopic (exact) mass is 287 g/mol. The van der Waals surface area contributed by atoms with E-state index in [1.54, 1.807) is 17.4 Å². The quantitative estimate of drug-likeness (QED) is 0.850. The van der Waals surface area contributed by atoms with Crippen LogP contribution in [0.4, 0.5) is 5.69 Å². The lowest BCUT2D eigenvalue weighted by Gasteiger charge is -2.30. The van der Waals surface area contributed by atoms with E-state index < -0.39 is 0 Å². The van der Waals surface area contributed by atoms with Crippen molar-refractivity contribution in [1.29, 1.82) is 0 Å². The number of allylic oxidation sites excluding steroid dienone is 2.